The average molecular weight is 207 g/mol. The predicted octanol–water partition coefficient (Wildman–Crippen LogP) is 1.73. The van der Waals surface area contributed by atoms with Crippen LogP contribution in [0.25, 0.3) is 0 Å². The highest BCUT2D eigenvalue weighted by Gasteiger charge is 2.19. The van der Waals surface area contributed by atoms with Crippen molar-refractivity contribution in [2.45, 2.75) is 32.6 Å². The van der Waals surface area contributed by atoms with E-state index in [1.807, 2.05) is 11.8 Å². The fraction of sp³-hybridized carbons (Fsp3) is 0.636. The topological polar surface area (TPSA) is 49.0 Å². The molecule has 1 aliphatic heterocycles. The Morgan fingerprint density at radius 1 is 1.33 bits per heavy atom. The first-order valence-electron chi connectivity index (χ1n) is 5.58. The Bertz CT molecular complexity index is 337. The number of nitrogens with one attached hydrogen (secondary N) is 1. The van der Waals surface area contributed by atoms with Crippen LogP contribution in [0.5, 0.6) is 0 Å². The second-order valence-electron chi connectivity index (χ2n) is 4.12. The molecule has 2 rings (SSSR count). The van der Waals surface area contributed by atoms with Crippen molar-refractivity contribution in [3.05, 3.63) is 17.5 Å². The molecule has 82 valence electrons. The molecular formula is C11H17N3O. The highest BCUT2D eigenvalue weighted by atomic mass is 16.2. The van der Waals surface area contributed by atoms with Crippen LogP contribution < -0.4 is 0 Å². The van der Waals surface area contributed by atoms with Crippen molar-refractivity contribution in [1.29, 1.82) is 0 Å². The zero-order chi connectivity index (χ0) is 10.7. The van der Waals surface area contributed by atoms with E-state index >= 15 is 0 Å². The Labute approximate surface area is 89.7 Å². The molecule has 1 aromatic rings. The maximum atomic E-state index is 12.1. The minimum atomic E-state index is 0.128. The number of hydrogen-bond acceptors (Lipinski definition) is 2. The number of nitrogens with zero attached hydrogens (tertiary/aromatic N) is 2. The smallest absolute Gasteiger partial charge is 0.257 e. The molecule has 1 saturated heterocycles. The molecule has 1 fully saturated rings. The molecule has 0 spiro atoms. The summed E-state index contributed by atoms with van der Waals surface area (Å²) >= 11 is 0. The van der Waals surface area contributed by atoms with Gasteiger partial charge in [0.2, 0.25) is 0 Å². The summed E-state index contributed by atoms with van der Waals surface area (Å²) in [7, 11) is 0. The minimum Gasteiger partial charge on any atom is -0.339 e. The van der Waals surface area contributed by atoms with E-state index in [2.05, 4.69) is 10.2 Å². The number of hydrogen-bond donors (Lipinski definition) is 1. The molecule has 0 atom stereocenters. The number of carbonyl (C=O) groups excluding carboxylic acids is 1. The molecular weight excluding hydrogens is 190 g/mol. The molecule has 1 N–H and O–H groups in total. The van der Waals surface area contributed by atoms with Gasteiger partial charge in [0, 0.05) is 18.8 Å². The number of aryl methyl sites for hydroxylation is 1. The molecule has 0 aromatic carbocycles. The molecule has 1 aromatic heterocycles. The summed E-state index contributed by atoms with van der Waals surface area (Å²) in [5.41, 5.74) is 1.58. The summed E-state index contributed by atoms with van der Waals surface area (Å²) in [5.74, 6) is 0.128. The number of aromatic amines is 1. The lowest BCUT2D eigenvalue weighted by atomic mass is 10.2. The van der Waals surface area contributed by atoms with E-state index in [4.69, 9.17) is 0 Å². The van der Waals surface area contributed by atoms with E-state index < -0.39 is 0 Å². The van der Waals surface area contributed by atoms with Gasteiger partial charge >= 0.3 is 0 Å². The standard InChI is InChI=1S/C11H17N3O/c1-9-10(8-12-13-9)11(15)14-6-4-2-3-5-7-14/h8H,2-7H2,1H3,(H,12,13). The zero-order valence-electron chi connectivity index (χ0n) is 9.12. The van der Waals surface area contributed by atoms with Gasteiger partial charge in [0.1, 0.15) is 0 Å². The molecule has 0 radical (unpaired) electrons. The van der Waals surface area contributed by atoms with Gasteiger partial charge in [-0.25, -0.2) is 0 Å². The van der Waals surface area contributed by atoms with Gasteiger partial charge in [-0.2, -0.15) is 5.10 Å². The first-order valence-corrected chi connectivity index (χ1v) is 5.58. The van der Waals surface area contributed by atoms with E-state index in [-0.39, 0.29) is 5.91 Å². The molecule has 4 nitrogen and oxygen atoms in total. The van der Waals surface area contributed by atoms with Crippen molar-refractivity contribution in [1.82, 2.24) is 15.1 Å². The molecule has 0 bridgehead atoms. The highest BCUT2D eigenvalue weighted by Crippen LogP contribution is 2.14. The predicted molar refractivity (Wildman–Crippen MR) is 57.7 cm³/mol. The summed E-state index contributed by atoms with van der Waals surface area (Å²) in [4.78, 5) is 14.0. The van der Waals surface area contributed by atoms with Crippen LogP contribution >= 0.6 is 0 Å². The minimum absolute atomic E-state index is 0.128. The van der Waals surface area contributed by atoms with Crippen LogP contribution in [0.1, 0.15) is 41.7 Å². The normalized spacial score (nSPS) is 17.5. The van der Waals surface area contributed by atoms with Gasteiger partial charge < -0.3 is 4.90 Å². The molecule has 15 heavy (non-hydrogen) atoms. The number of carbonyl (C=O) groups is 1. The van der Waals surface area contributed by atoms with Gasteiger partial charge in [-0.1, -0.05) is 12.8 Å². The monoisotopic (exact) mass is 207 g/mol. The third kappa shape index (κ3) is 2.19. The van der Waals surface area contributed by atoms with E-state index in [1.165, 1.54) is 12.8 Å². The summed E-state index contributed by atoms with van der Waals surface area (Å²) in [6.45, 7) is 3.67. The van der Waals surface area contributed by atoms with Crippen molar-refractivity contribution >= 4 is 5.91 Å². The molecule has 0 unspecified atom stereocenters. The lowest BCUT2D eigenvalue weighted by Gasteiger charge is -2.19. The maximum Gasteiger partial charge on any atom is 0.257 e. The van der Waals surface area contributed by atoms with Crippen LogP contribution in [0.3, 0.4) is 0 Å². The Morgan fingerprint density at radius 3 is 2.53 bits per heavy atom. The van der Waals surface area contributed by atoms with E-state index in [1.54, 1.807) is 6.20 Å². The van der Waals surface area contributed by atoms with Crippen LogP contribution in [0.4, 0.5) is 0 Å². The van der Waals surface area contributed by atoms with Crippen LogP contribution in [-0.4, -0.2) is 34.1 Å². The van der Waals surface area contributed by atoms with Crippen LogP contribution in [0.15, 0.2) is 6.20 Å². The Morgan fingerprint density at radius 2 is 2.00 bits per heavy atom. The van der Waals surface area contributed by atoms with Gasteiger partial charge in [-0.05, 0) is 19.8 Å². The van der Waals surface area contributed by atoms with Crippen LogP contribution in [0, 0.1) is 6.92 Å². The zero-order valence-corrected chi connectivity index (χ0v) is 9.12. The van der Waals surface area contributed by atoms with Gasteiger partial charge in [0.15, 0.2) is 0 Å². The maximum absolute atomic E-state index is 12.1. The molecule has 4 heteroatoms. The lowest BCUT2D eigenvalue weighted by Crippen LogP contribution is -2.31. The van der Waals surface area contributed by atoms with Crippen molar-refractivity contribution in [3.63, 3.8) is 0 Å². The summed E-state index contributed by atoms with van der Waals surface area (Å²) < 4.78 is 0. The quantitative estimate of drug-likeness (QED) is 0.762. The van der Waals surface area contributed by atoms with Gasteiger partial charge in [0.25, 0.3) is 5.91 Å². The fourth-order valence-electron chi connectivity index (χ4n) is 2.01. The van der Waals surface area contributed by atoms with E-state index in [9.17, 15) is 4.79 Å². The van der Waals surface area contributed by atoms with Crippen molar-refractivity contribution < 1.29 is 4.79 Å². The fourth-order valence-corrected chi connectivity index (χ4v) is 2.01. The summed E-state index contributed by atoms with van der Waals surface area (Å²) in [5, 5.41) is 6.70. The number of rotatable bonds is 1. The number of likely N-dealkylation sites (tertiary alicyclic amines) is 1. The Balaban J connectivity index is 2.09. The highest BCUT2D eigenvalue weighted by molar-refractivity contribution is 5.95. The van der Waals surface area contributed by atoms with Gasteiger partial charge in [-0.15, -0.1) is 0 Å². The van der Waals surface area contributed by atoms with Crippen molar-refractivity contribution in [3.8, 4) is 0 Å². The van der Waals surface area contributed by atoms with E-state index in [0.29, 0.717) is 0 Å². The first kappa shape index (κ1) is 10.2. The molecule has 0 saturated carbocycles. The molecule has 1 aliphatic rings. The number of aromatic nitrogens is 2. The number of amides is 1. The van der Waals surface area contributed by atoms with Crippen LogP contribution in [0.2, 0.25) is 0 Å². The van der Waals surface area contributed by atoms with Gasteiger partial charge in [-0.3, -0.25) is 9.89 Å². The molecule has 1 amide bonds. The van der Waals surface area contributed by atoms with E-state index in [0.717, 1.165) is 37.2 Å². The third-order valence-electron chi connectivity index (χ3n) is 2.95. The SMILES string of the molecule is Cc1[nH]ncc1C(=O)N1CCCCCC1. The average Bonchev–Trinajstić information content (AvgIpc) is 2.53. The lowest BCUT2D eigenvalue weighted by molar-refractivity contribution is 0.0761. The van der Waals surface area contributed by atoms with Gasteiger partial charge in [0.05, 0.1) is 11.8 Å². The Kier molecular flexibility index (Phi) is 3.04. The summed E-state index contributed by atoms with van der Waals surface area (Å²) in [6.07, 6.45) is 6.37. The second-order valence-corrected chi connectivity index (χ2v) is 4.12. The van der Waals surface area contributed by atoms with Crippen molar-refractivity contribution in [2.24, 2.45) is 0 Å². The van der Waals surface area contributed by atoms with Crippen LogP contribution in [-0.2, 0) is 0 Å². The third-order valence-corrected chi connectivity index (χ3v) is 2.95. The largest absolute Gasteiger partial charge is 0.339 e. The molecule has 2 heterocycles. The van der Waals surface area contributed by atoms with Crippen molar-refractivity contribution in [2.75, 3.05) is 13.1 Å². The number of H-pyrrole nitrogens is 1. The Hall–Kier alpha value is -1.32. The first-order chi connectivity index (χ1) is 7.29. The second kappa shape index (κ2) is 4.47. The summed E-state index contributed by atoms with van der Waals surface area (Å²) in [6, 6.07) is 0. The molecule has 0 aliphatic carbocycles.